The molecule has 26 heavy (non-hydrogen) atoms. The zero-order chi connectivity index (χ0) is 18.7. The summed E-state index contributed by atoms with van der Waals surface area (Å²) in [6.07, 6.45) is -4.46. The van der Waals surface area contributed by atoms with Crippen molar-refractivity contribution in [1.82, 2.24) is 10.5 Å². The molecule has 2 aromatic carbocycles. The smallest absolute Gasteiger partial charge is 0.355 e. The van der Waals surface area contributed by atoms with E-state index in [1.54, 1.807) is 6.07 Å². The molecule has 0 unspecified atom stereocenters. The Labute approximate surface area is 145 Å². The molecule has 1 amide bonds. The van der Waals surface area contributed by atoms with Gasteiger partial charge in [0.15, 0.2) is 11.5 Å². The summed E-state index contributed by atoms with van der Waals surface area (Å²) in [5.74, 6) is -1.10. The van der Waals surface area contributed by atoms with Gasteiger partial charge in [0.25, 0.3) is 5.91 Å². The lowest BCUT2D eigenvalue weighted by Gasteiger charge is -2.09. The van der Waals surface area contributed by atoms with Crippen molar-refractivity contribution < 1.29 is 26.9 Å². The second-order valence-electron chi connectivity index (χ2n) is 5.44. The third kappa shape index (κ3) is 3.90. The van der Waals surface area contributed by atoms with Crippen LogP contribution in [-0.4, -0.2) is 11.1 Å². The minimum absolute atomic E-state index is 0.0762. The number of rotatable bonds is 4. The van der Waals surface area contributed by atoms with Gasteiger partial charge in [0, 0.05) is 12.6 Å². The van der Waals surface area contributed by atoms with E-state index in [-0.39, 0.29) is 29.1 Å². The van der Waals surface area contributed by atoms with E-state index in [1.165, 1.54) is 36.4 Å². The molecule has 0 radical (unpaired) electrons. The van der Waals surface area contributed by atoms with Crippen LogP contribution in [0.2, 0.25) is 0 Å². The monoisotopic (exact) mass is 364 g/mol. The first-order chi connectivity index (χ1) is 12.3. The topological polar surface area (TPSA) is 55.1 Å². The molecule has 1 N–H and O–H groups in total. The molecule has 1 aromatic heterocycles. The number of nitrogens with one attached hydrogen (secondary N) is 1. The van der Waals surface area contributed by atoms with E-state index in [4.69, 9.17) is 4.52 Å². The largest absolute Gasteiger partial charge is 0.416 e. The van der Waals surface area contributed by atoms with E-state index in [0.717, 1.165) is 12.1 Å². The molecule has 1 heterocycles. The fourth-order valence-corrected chi connectivity index (χ4v) is 2.30. The molecule has 0 aliphatic heterocycles. The molecule has 3 aromatic rings. The van der Waals surface area contributed by atoms with Crippen molar-refractivity contribution >= 4 is 5.91 Å². The van der Waals surface area contributed by atoms with Crippen molar-refractivity contribution in [3.63, 3.8) is 0 Å². The third-order valence-corrected chi connectivity index (χ3v) is 3.59. The van der Waals surface area contributed by atoms with E-state index in [1.807, 2.05) is 0 Å². The van der Waals surface area contributed by atoms with Crippen LogP contribution in [0.25, 0.3) is 11.3 Å². The maximum Gasteiger partial charge on any atom is 0.416 e. The van der Waals surface area contributed by atoms with E-state index in [0.29, 0.717) is 0 Å². The van der Waals surface area contributed by atoms with Gasteiger partial charge in [0.05, 0.1) is 11.1 Å². The first-order valence-electron chi connectivity index (χ1n) is 7.50. The Morgan fingerprint density at radius 1 is 1.08 bits per heavy atom. The standard InChI is InChI=1S/C18H12F4N2O2/c19-14-7-2-1-6-13(14)16-9-15(24-26-16)17(25)23-10-11-4-3-5-12(8-11)18(20,21)22/h1-9H,10H2,(H,23,25). The Hall–Kier alpha value is -3.16. The van der Waals surface area contributed by atoms with Crippen LogP contribution in [0.15, 0.2) is 59.1 Å². The average Bonchev–Trinajstić information content (AvgIpc) is 3.09. The minimum atomic E-state index is -4.46. The van der Waals surface area contributed by atoms with Crippen molar-refractivity contribution in [2.24, 2.45) is 0 Å². The van der Waals surface area contributed by atoms with Crippen LogP contribution in [0.3, 0.4) is 0 Å². The number of aromatic nitrogens is 1. The van der Waals surface area contributed by atoms with Crippen LogP contribution in [0.1, 0.15) is 21.6 Å². The van der Waals surface area contributed by atoms with Gasteiger partial charge in [-0.25, -0.2) is 4.39 Å². The summed E-state index contributed by atoms with van der Waals surface area (Å²) >= 11 is 0. The lowest BCUT2D eigenvalue weighted by atomic mass is 10.1. The lowest BCUT2D eigenvalue weighted by Crippen LogP contribution is -2.23. The quantitative estimate of drug-likeness (QED) is 0.697. The first-order valence-corrected chi connectivity index (χ1v) is 7.50. The first kappa shape index (κ1) is 17.7. The molecule has 0 fully saturated rings. The molecule has 4 nitrogen and oxygen atoms in total. The molecule has 0 bridgehead atoms. The van der Waals surface area contributed by atoms with Crippen molar-refractivity contribution in [2.45, 2.75) is 12.7 Å². The molecule has 134 valence electrons. The third-order valence-electron chi connectivity index (χ3n) is 3.59. The molecular weight excluding hydrogens is 352 g/mol. The van der Waals surface area contributed by atoms with Crippen molar-refractivity contribution in [3.8, 4) is 11.3 Å². The van der Waals surface area contributed by atoms with Crippen molar-refractivity contribution in [1.29, 1.82) is 0 Å². The fourth-order valence-electron chi connectivity index (χ4n) is 2.30. The van der Waals surface area contributed by atoms with Gasteiger partial charge < -0.3 is 9.84 Å². The Balaban J connectivity index is 1.69. The van der Waals surface area contributed by atoms with E-state index < -0.39 is 23.5 Å². The van der Waals surface area contributed by atoms with Gasteiger partial charge in [-0.2, -0.15) is 13.2 Å². The SMILES string of the molecule is O=C(NCc1cccc(C(F)(F)F)c1)c1cc(-c2ccccc2F)on1. The highest BCUT2D eigenvalue weighted by molar-refractivity contribution is 5.93. The van der Waals surface area contributed by atoms with Crippen molar-refractivity contribution in [2.75, 3.05) is 0 Å². The maximum absolute atomic E-state index is 13.7. The predicted octanol–water partition coefficient (Wildman–Crippen LogP) is 4.43. The number of hydrogen-bond acceptors (Lipinski definition) is 3. The van der Waals surface area contributed by atoms with E-state index >= 15 is 0 Å². The molecule has 0 aliphatic carbocycles. The Morgan fingerprint density at radius 3 is 2.58 bits per heavy atom. The normalized spacial score (nSPS) is 11.4. The number of nitrogens with zero attached hydrogens (tertiary/aromatic N) is 1. The van der Waals surface area contributed by atoms with Gasteiger partial charge in [0.1, 0.15) is 5.82 Å². The lowest BCUT2D eigenvalue weighted by molar-refractivity contribution is -0.137. The summed E-state index contributed by atoms with van der Waals surface area (Å²) in [6, 6.07) is 11.7. The Morgan fingerprint density at radius 2 is 1.85 bits per heavy atom. The van der Waals surface area contributed by atoms with Gasteiger partial charge in [-0.15, -0.1) is 0 Å². The average molecular weight is 364 g/mol. The second kappa shape index (κ2) is 6.99. The van der Waals surface area contributed by atoms with Crippen LogP contribution in [0.4, 0.5) is 17.6 Å². The summed E-state index contributed by atoms with van der Waals surface area (Å²) in [5.41, 5.74) is -0.467. The highest BCUT2D eigenvalue weighted by Crippen LogP contribution is 2.29. The number of hydrogen-bond donors (Lipinski definition) is 1. The number of alkyl halides is 3. The number of carbonyl (C=O) groups is 1. The highest BCUT2D eigenvalue weighted by atomic mass is 19.4. The van der Waals surface area contributed by atoms with Crippen LogP contribution < -0.4 is 5.32 Å². The highest BCUT2D eigenvalue weighted by Gasteiger charge is 2.30. The van der Waals surface area contributed by atoms with Gasteiger partial charge in [-0.05, 0) is 29.8 Å². The molecule has 0 atom stereocenters. The number of halogens is 4. The fraction of sp³-hybridized carbons (Fsp3) is 0.111. The Bertz CT molecular complexity index is 935. The van der Waals surface area contributed by atoms with Crippen molar-refractivity contribution in [3.05, 3.63) is 77.2 Å². The zero-order valence-corrected chi connectivity index (χ0v) is 13.2. The van der Waals surface area contributed by atoms with E-state index in [9.17, 15) is 22.4 Å². The summed E-state index contributed by atoms with van der Waals surface area (Å²) in [7, 11) is 0. The molecule has 8 heteroatoms. The van der Waals surface area contributed by atoms with Crippen LogP contribution in [-0.2, 0) is 12.7 Å². The molecule has 0 saturated heterocycles. The van der Waals surface area contributed by atoms with Crippen LogP contribution in [0.5, 0.6) is 0 Å². The molecular formula is C18H12F4N2O2. The predicted molar refractivity (Wildman–Crippen MR) is 84.5 cm³/mol. The van der Waals surface area contributed by atoms with Gasteiger partial charge >= 0.3 is 6.18 Å². The number of benzene rings is 2. The summed E-state index contributed by atoms with van der Waals surface area (Å²) < 4.78 is 56.7. The van der Waals surface area contributed by atoms with Gasteiger partial charge in [0.2, 0.25) is 0 Å². The molecule has 0 saturated carbocycles. The number of carbonyl (C=O) groups excluding carboxylic acids is 1. The molecule has 0 aliphatic rings. The summed E-state index contributed by atoms with van der Waals surface area (Å²) in [5, 5.41) is 6.02. The maximum atomic E-state index is 13.7. The summed E-state index contributed by atoms with van der Waals surface area (Å²) in [6.45, 7) is -0.120. The summed E-state index contributed by atoms with van der Waals surface area (Å²) in [4.78, 5) is 12.1. The van der Waals surface area contributed by atoms with Gasteiger partial charge in [-0.1, -0.05) is 29.4 Å². The zero-order valence-electron chi connectivity index (χ0n) is 13.2. The second-order valence-corrected chi connectivity index (χ2v) is 5.44. The van der Waals surface area contributed by atoms with Crippen LogP contribution >= 0.6 is 0 Å². The van der Waals surface area contributed by atoms with Crippen LogP contribution in [0, 0.1) is 5.82 Å². The minimum Gasteiger partial charge on any atom is -0.355 e. The molecule has 3 rings (SSSR count). The Kier molecular flexibility index (Phi) is 4.75. The van der Waals surface area contributed by atoms with E-state index in [2.05, 4.69) is 10.5 Å². The number of amides is 1. The molecule has 0 spiro atoms. The van der Waals surface area contributed by atoms with Gasteiger partial charge in [-0.3, -0.25) is 4.79 Å².